The van der Waals surface area contributed by atoms with Gasteiger partial charge in [0.25, 0.3) is 10.0 Å². The number of aromatic nitrogens is 1. The minimum atomic E-state index is -3.64. The van der Waals surface area contributed by atoms with Gasteiger partial charge in [0, 0.05) is 44.9 Å². The number of hydrogen-bond acceptors (Lipinski definition) is 6. The van der Waals surface area contributed by atoms with Gasteiger partial charge >= 0.3 is 0 Å². The number of anilines is 2. The van der Waals surface area contributed by atoms with Crippen molar-refractivity contribution in [2.75, 3.05) is 37.4 Å². The monoisotopic (exact) mass is 399 g/mol. The molecule has 0 amide bonds. The molecule has 8 heteroatoms. The summed E-state index contributed by atoms with van der Waals surface area (Å²) in [5.41, 5.74) is 1.79. The smallest absolute Gasteiger partial charge is 0.286 e. The van der Waals surface area contributed by atoms with E-state index >= 15 is 0 Å². The van der Waals surface area contributed by atoms with Gasteiger partial charge < -0.3 is 10.2 Å². The van der Waals surface area contributed by atoms with Gasteiger partial charge in [-0.2, -0.15) is 8.42 Å². The van der Waals surface area contributed by atoms with E-state index in [9.17, 15) is 8.42 Å². The van der Waals surface area contributed by atoms with Crippen LogP contribution < -0.4 is 10.2 Å². The molecule has 0 bridgehead atoms. The molecule has 0 radical (unpaired) electrons. The quantitative estimate of drug-likeness (QED) is 0.851. The van der Waals surface area contributed by atoms with Crippen molar-refractivity contribution in [1.82, 2.24) is 9.88 Å². The zero-order valence-electron chi connectivity index (χ0n) is 16.2. The molecule has 4 rings (SSSR count). The number of pyridine rings is 1. The molecule has 1 saturated heterocycles. The van der Waals surface area contributed by atoms with Gasteiger partial charge in [-0.25, -0.2) is 4.98 Å². The van der Waals surface area contributed by atoms with Gasteiger partial charge in [-0.05, 0) is 37.6 Å². The average Bonchev–Trinajstić information content (AvgIpc) is 2.68. The zero-order valence-corrected chi connectivity index (χ0v) is 17.0. The molecule has 3 heterocycles. The molecule has 0 aliphatic carbocycles. The molecule has 28 heavy (non-hydrogen) atoms. The molecule has 1 aromatic carbocycles. The van der Waals surface area contributed by atoms with Crippen LogP contribution in [0.25, 0.3) is 0 Å². The maximum atomic E-state index is 12.6. The number of para-hydroxylation sites is 1. The molecule has 1 aromatic heterocycles. The minimum absolute atomic E-state index is 0.0661. The average molecular weight is 400 g/mol. The van der Waals surface area contributed by atoms with Gasteiger partial charge in [0.15, 0.2) is 0 Å². The Morgan fingerprint density at radius 3 is 2.86 bits per heavy atom. The van der Waals surface area contributed by atoms with E-state index in [0.29, 0.717) is 11.5 Å². The van der Waals surface area contributed by atoms with E-state index in [1.54, 1.807) is 24.4 Å². The highest BCUT2D eigenvalue weighted by Gasteiger charge is 2.31. The van der Waals surface area contributed by atoms with Crippen LogP contribution in [0.3, 0.4) is 0 Å². The van der Waals surface area contributed by atoms with Gasteiger partial charge in [0.05, 0.1) is 5.69 Å². The topological polar surface area (TPSA) is 77.9 Å². The third-order valence-electron chi connectivity index (χ3n) is 5.22. The van der Waals surface area contributed by atoms with Crippen molar-refractivity contribution in [2.24, 2.45) is 10.3 Å². The lowest BCUT2D eigenvalue weighted by Gasteiger charge is -2.35. The number of sulfonamides is 1. The summed E-state index contributed by atoms with van der Waals surface area (Å²) in [6.45, 7) is 2.54. The highest BCUT2D eigenvalue weighted by Crippen LogP contribution is 2.30. The molecule has 2 aromatic rings. The number of rotatable bonds is 4. The lowest BCUT2D eigenvalue weighted by atomic mass is 9.96. The van der Waals surface area contributed by atoms with Crippen molar-refractivity contribution in [3.05, 3.63) is 48.2 Å². The Morgan fingerprint density at radius 2 is 2.04 bits per heavy atom. The number of piperidine rings is 1. The van der Waals surface area contributed by atoms with Crippen LogP contribution in [0.2, 0.25) is 0 Å². The summed E-state index contributed by atoms with van der Waals surface area (Å²) in [5.74, 6) is 1.59. The number of nitrogens with zero attached hydrogens (tertiary/aromatic N) is 4. The second-order valence-corrected chi connectivity index (χ2v) is 9.10. The lowest BCUT2D eigenvalue weighted by Crippen LogP contribution is -2.41. The standard InChI is InChI=1S/C20H25N5O2S/c1-24(2)20-16(7-5-11-21-20)14-25-12-6-8-15(13-25)19-22-17-9-3-4-10-18(17)28(26,27)23-19/h3-5,7,9-11,15H,6,8,12-14H2,1-2H3,(H,22,23)/t15-/m0/s1. The normalized spacial score (nSPS) is 21.4. The minimum Gasteiger partial charge on any atom is -0.362 e. The van der Waals surface area contributed by atoms with Gasteiger partial charge in [0.2, 0.25) is 0 Å². The number of hydrogen-bond donors (Lipinski definition) is 1. The number of fused-ring (bicyclic) bond motifs is 1. The summed E-state index contributed by atoms with van der Waals surface area (Å²) in [5, 5.41) is 3.26. The molecule has 2 aliphatic rings. The van der Waals surface area contributed by atoms with E-state index in [1.807, 2.05) is 31.1 Å². The van der Waals surface area contributed by atoms with Gasteiger partial charge in [-0.3, -0.25) is 4.90 Å². The van der Waals surface area contributed by atoms with E-state index in [-0.39, 0.29) is 10.8 Å². The first kappa shape index (κ1) is 18.9. The van der Waals surface area contributed by atoms with E-state index in [4.69, 9.17) is 0 Å². The number of likely N-dealkylation sites (tertiary alicyclic amines) is 1. The second-order valence-electron chi connectivity index (χ2n) is 7.53. The zero-order chi connectivity index (χ0) is 19.7. The summed E-state index contributed by atoms with van der Waals surface area (Å²) in [4.78, 5) is 9.11. The predicted molar refractivity (Wildman–Crippen MR) is 111 cm³/mol. The van der Waals surface area contributed by atoms with Crippen LogP contribution in [0.1, 0.15) is 18.4 Å². The van der Waals surface area contributed by atoms with Crippen molar-refractivity contribution >= 4 is 27.4 Å². The van der Waals surface area contributed by atoms with Crippen molar-refractivity contribution in [1.29, 1.82) is 0 Å². The fourth-order valence-corrected chi connectivity index (χ4v) is 5.13. The summed E-state index contributed by atoms with van der Waals surface area (Å²) >= 11 is 0. The Bertz CT molecular complexity index is 1000. The molecule has 1 atom stereocenters. The maximum Gasteiger partial charge on any atom is 0.286 e. The number of amidine groups is 1. The van der Waals surface area contributed by atoms with E-state index in [2.05, 4.69) is 25.7 Å². The Balaban J connectivity index is 1.53. The third kappa shape index (κ3) is 3.74. The number of nitrogens with one attached hydrogen (secondary N) is 1. The maximum absolute atomic E-state index is 12.6. The highest BCUT2D eigenvalue weighted by molar-refractivity contribution is 7.90. The van der Waals surface area contributed by atoms with Gasteiger partial charge in [-0.1, -0.05) is 18.2 Å². The largest absolute Gasteiger partial charge is 0.362 e. The Morgan fingerprint density at radius 1 is 1.21 bits per heavy atom. The van der Waals surface area contributed by atoms with Crippen molar-refractivity contribution < 1.29 is 8.42 Å². The van der Waals surface area contributed by atoms with Crippen LogP contribution in [0, 0.1) is 5.92 Å². The van der Waals surface area contributed by atoms with Crippen LogP contribution in [-0.4, -0.2) is 51.3 Å². The molecule has 0 spiro atoms. The predicted octanol–water partition coefficient (Wildman–Crippen LogP) is 2.57. The molecule has 1 fully saturated rings. The van der Waals surface area contributed by atoms with Crippen LogP contribution in [0.5, 0.6) is 0 Å². The molecule has 7 nitrogen and oxygen atoms in total. The molecular weight excluding hydrogens is 374 g/mol. The number of benzene rings is 1. The van der Waals surface area contributed by atoms with E-state index in [0.717, 1.165) is 38.3 Å². The van der Waals surface area contributed by atoms with Crippen molar-refractivity contribution in [2.45, 2.75) is 24.3 Å². The Kier molecular flexibility index (Phi) is 5.07. The first-order valence-electron chi connectivity index (χ1n) is 9.48. The van der Waals surface area contributed by atoms with E-state index < -0.39 is 10.0 Å². The summed E-state index contributed by atoms with van der Waals surface area (Å²) in [7, 11) is 0.343. The lowest BCUT2D eigenvalue weighted by molar-refractivity contribution is 0.196. The second kappa shape index (κ2) is 7.52. The fraction of sp³-hybridized carbons (Fsp3) is 0.400. The fourth-order valence-electron chi connectivity index (χ4n) is 3.93. The molecule has 1 N–H and O–H groups in total. The van der Waals surface area contributed by atoms with Crippen molar-refractivity contribution in [3.8, 4) is 0 Å². The van der Waals surface area contributed by atoms with Crippen LogP contribution in [-0.2, 0) is 16.6 Å². The summed E-state index contributed by atoms with van der Waals surface area (Å²) in [6, 6.07) is 11.0. The third-order valence-corrected chi connectivity index (χ3v) is 6.57. The van der Waals surface area contributed by atoms with Crippen LogP contribution in [0.15, 0.2) is 51.9 Å². The molecule has 0 unspecified atom stereocenters. The molecule has 2 aliphatic heterocycles. The highest BCUT2D eigenvalue weighted by atomic mass is 32.2. The van der Waals surface area contributed by atoms with Gasteiger partial charge in [-0.15, -0.1) is 4.40 Å². The SMILES string of the molecule is CN(C)c1ncccc1CN1CCC[C@H](C2=NS(=O)(=O)c3ccccc3N2)C1. The van der Waals surface area contributed by atoms with Gasteiger partial charge in [0.1, 0.15) is 16.5 Å². The van der Waals surface area contributed by atoms with Crippen LogP contribution in [0.4, 0.5) is 11.5 Å². The molecule has 148 valence electrons. The first-order chi connectivity index (χ1) is 13.4. The summed E-state index contributed by atoms with van der Waals surface area (Å²) < 4.78 is 29.2. The summed E-state index contributed by atoms with van der Waals surface area (Å²) in [6.07, 6.45) is 3.74. The van der Waals surface area contributed by atoms with Crippen molar-refractivity contribution in [3.63, 3.8) is 0 Å². The molecule has 0 saturated carbocycles. The molecular formula is C20H25N5O2S. The first-order valence-corrected chi connectivity index (χ1v) is 10.9. The Hall–Kier alpha value is -2.45. The Labute approximate surface area is 166 Å². The van der Waals surface area contributed by atoms with E-state index in [1.165, 1.54) is 5.56 Å². The van der Waals surface area contributed by atoms with Crippen LogP contribution >= 0.6 is 0 Å².